The van der Waals surface area contributed by atoms with Gasteiger partial charge in [0.1, 0.15) is 0 Å². The van der Waals surface area contributed by atoms with Gasteiger partial charge in [-0.25, -0.2) is 0 Å². The Labute approximate surface area is 83.4 Å². The maximum Gasteiger partial charge on any atom is 0.0679 e. The lowest BCUT2D eigenvalue weighted by Gasteiger charge is -2.38. The summed E-state index contributed by atoms with van der Waals surface area (Å²) in [6.07, 6.45) is 2.30. The van der Waals surface area contributed by atoms with Gasteiger partial charge in [0.25, 0.3) is 0 Å². The molecule has 0 aromatic rings. The van der Waals surface area contributed by atoms with Gasteiger partial charge < -0.3 is 10.0 Å². The summed E-state index contributed by atoms with van der Waals surface area (Å²) in [6, 6.07) is 0. The van der Waals surface area contributed by atoms with Crippen molar-refractivity contribution in [3.8, 4) is 0 Å². The van der Waals surface area contributed by atoms with E-state index < -0.39 is 0 Å². The van der Waals surface area contributed by atoms with Crippen molar-refractivity contribution in [1.29, 1.82) is 0 Å². The quantitative estimate of drug-likeness (QED) is 0.703. The highest BCUT2D eigenvalue weighted by atomic mass is 32.2. The Morgan fingerprint density at radius 3 is 2.46 bits per heavy atom. The fraction of sp³-hybridized carbons (Fsp3) is 0.778. The number of hydrogen-bond donors (Lipinski definition) is 1. The molecule has 0 radical (unpaired) electrons. The molecular formula is C9H16N2OS. The van der Waals surface area contributed by atoms with Crippen LogP contribution in [0.25, 0.3) is 0 Å². The SMILES string of the molecule is OCCN1CCN(C2=CCS2)CC1. The van der Waals surface area contributed by atoms with Gasteiger partial charge in [0.05, 0.1) is 11.6 Å². The molecule has 13 heavy (non-hydrogen) atoms. The molecule has 0 atom stereocenters. The van der Waals surface area contributed by atoms with Crippen molar-refractivity contribution in [1.82, 2.24) is 9.80 Å². The van der Waals surface area contributed by atoms with E-state index in [0.29, 0.717) is 0 Å². The largest absolute Gasteiger partial charge is 0.395 e. The third-order valence-corrected chi connectivity index (χ3v) is 3.64. The van der Waals surface area contributed by atoms with Crippen molar-refractivity contribution < 1.29 is 5.11 Å². The first-order chi connectivity index (χ1) is 6.40. The molecule has 0 unspecified atom stereocenters. The predicted octanol–water partition coefficient (Wildman–Crippen LogP) is 0.184. The smallest absolute Gasteiger partial charge is 0.0679 e. The van der Waals surface area contributed by atoms with E-state index in [9.17, 15) is 0 Å². The van der Waals surface area contributed by atoms with Crippen molar-refractivity contribution in [2.75, 3.05) is 45.1 Å². The molecule has 0 aromatic heterocycles. The number of β-amino-alcohol motifs (C(OH)–C–C–N with tert-alkyl or cyclic N) is 1. The van der Waals surface area contributed by atoms with Crippen molar-refractivity contribution in [2.24, 2.45) is 0 Å². The van der Waals surface area contributed by atoms with Gasteiger partial charge in [-0.15, -0.1) is 11.8 Å². The van der Waals surface area contributed by atoms with E-state index in [1.807, 2.05) is 11.8 Å². The van der Waals surface area contributed by atoms with Gasteiger partial charge >= 0.3 is 0 Å². The standard InChI is InChI=1S/C9H16N2OS/c12-7-6-10-2-4-11(5-3-10)9-1-8-13-9/h1,12H,2-8H2. The first-order valence-electron chi connectivity index (χ1n) is 4.81. The highest BCUT2D eigenvalue weighted by molar-refractivity contribution is 8.04. The summed E-state index contributed by atoms with van der Waals surface area (Å²) in [4.78, 5) is 4.77. The third-order valence-electron chi connectivity index (χ3n) is 2.59. The lowest BCUT2D eigenvalue weighted by atomic mass is 10.3. The Balaban J connectivity index is 1.75. The van der Waals surface area contributed by atoms with Crippen LogP contribution in [-0.2, 0) is 0 Å². The topological polar surface area (TPSA) is 26.7 Å². The van der Waals surface area contributed by atoms with Crippen LogP contribution in [0.1, 0.15) is 0 Å². The maximum atomic E-state index is 8.78. The fourth-order valence-electron chi connectivity index (χ4n) is 1.71. The first-order valence-corrected chi connectivity index (χ1v) is 5.80. The number of piperazine rings is 1. The van der Waals surface area contributed by atoms with Crippen LogP contribution in [0.15, 0.2) is 11.1 Å². The second-order valence-electron chi connectivity index (χ2n) is 3.41. The van der Waals surface area contributed by atoms with Crippen LogP contribution >= 0.6 is 11.8 Å². The molecule has 2 aliphatic heterocycles. The molecule has 2 rings (SSSR count). The summed E-state index contributed by atoms with van der Waals surface area (Å²) < 4.78 is 0. The van der Waals surface area contributed by atoms with E-state index in [-0.39, 0.29) is 6.61 Å². The molecule has 0 amide bonds. The molecule has 4 heteroatoms. The van der Waals surface area contributed by atoms with Crippen molar-refractivity contribution in [2.45, 2.75) is 0 Å². The summed E-state index contributed by atoms with van der Waals surface area (Å²) >= 11 is 1.95. The van der Waals surface area contributed by atoms with Crippen molar-refractivity contribution in [3.05, 3.63) is 11.1 Å². The monoisotopic (exact) mass is 200 g/mol. The summed E-state index contributed by atoms with van der Waals surface area (Å²) in [5, 5.41) is 10.2. The van der Waals surface area contributed by atoms with Crippen LogP contribution in [0.4, 0.5) is 0 Å². The van der Waals surface area contributed by atoms with Crippen molar-refractivity contribution in [3.63, 3.8) is 0 Å². The lowest BCUT2D eigenvalue weighted by molar-refractivity contribution is 0.136. The van der Waals surface area contributed by atoms with Gasteiger partial charge in [0.15, 0.2) is 0 Å². The number of aliphatic hydroxyl groups is 1. The van der Waals surface area contributed by atoms with E-state index >= 15 is 0 Å². The van der Waals surface area contributed by atoms with Crippen LogP contribution < -0.4 is 0 Å². The van der Waals surface area contributed by atoms with E-state index in [4.69, 9.17) is 5.11 Å². The molecular weight excluding hydrogens is 184 g/mol. The maximum absolute atomic E-state index is 8.78. The Morgan fingerprint density at radius 1 is 1.31 bits per heavy atom. The van der Waals surface area contributed by atoms with Crippen LogP contribution in [0.3, 0.4) is 0 Å². The number of aliphatic hydroxyl groups excluding tert-OH is 1. The molecule has 2 aliphatic rings. The Hall–Kier alpha value is -0.190. The molecule has 0 spiro atoms. The molecule has 3 nitrogen and oxygen atoms in total. The zero-order valence-corrected chi connectivity index (χ0v) is 8.59. The molecule has 1 saturated heterocycles. The Bertz CT molecular complexity index is 200. The summed E-state index contributed by atoms with van der Waals surface area (Å²) in [5.41, 5.74) is 0. The zero-order chi connectivity index (χ0) is 9.10. The van der Waals surface area contributed by atoms with Gasteiger partial charge in [-0.3, -0.25) is 4.90 Å². The van der Waals surface area contributed by atoms with Gasteiger partial charge in [-0.1, -0.05) is 0 Å². The molecule has 0 aliphatic carbocycles. The first kappa shape index (κ1) is 9.37. The van der Waals surface area contributed by atoms with Gasteiger partial charge in [0.2, 0.25) is 0 Å². The molecule has 1 fully saturated rings. The predicted molar refractivity (Wildman–Crippen MR) is 55.6 cm³/mol. The number of nitrogens with zero attached hydrogens (tertiary/aromatic N) is 2. The minimum absolute atomic E-state index is 0.289. The Morgan fingerprint density at radius 2 is 2.00 bits per heavy atom. The second-order valence-corrected chi connectivity index (χ2v) is 4.45. The van der Waals surface area contributed by atoms with Gasteiger partial charge in [-0.2, -0.15) is 0 Å². The highest BCUT2D eigenvalue weighted by Gasteiger charge is 2.20. The van der Waals surface area contributed by atoms with Crippen LogP contribution in [0.5, 0.6) is 0 Å². The average molecular weight is 200 g/mol. The number of thioether (sulfide) groups is 1. The molecule has 0 saturated carbocycles. The average Bonchev–Trinajstić information content (AvgIpc) is 2.06. The summed E-state index contributed by atoms with van der Waals surface area (Å²) in [6.45, 7) is 5.56. The van der Waals surface area contributed by atoms with E-state index in [1.54, 1.807) is 0 Å². The van der Waals surface area contributed by atoms with Gasteiger partial charge in [0, 0.05) is 38.5 Å². The van der Waals surface area contributed by atoms with Gasteiger partial charge in [-0.05, 0) is 6.08 Å². The minimum Gasteiger partial charge on any atom is -0.395 e. The Kier molecular flexibility index (Phi) is 3.14. The number of hydrogen-bond acceptors (Lipinski definition) is 4. The van der Waals surface area contributed by atoms with Crippen LogP contribution in [0.2, 0.25) is 0 Å². The van der Waals surface area contributed by atoms with E-state index in [0.717, 1.165) is 32.7 Å². The molecule has 2 heterocycles. The molecule has 74 valence electrons. The fourth-order valence-corrected chi connectivity index (χ4v) is 2.39. The minimum atomic E-state index is 0.289. The highest BCUT2D eigenvalue weighted by Crippen LogP contribution is 2.29. The third kappa shape index (κ3) is 2.18. The summed E-state index contributed by atoms with van der Waals surface area (Å²) in [7, 11) is 0. The lowest BCUT2D eigenvalue weighted by Crippen LogP contribution is -2.46. The molecule has 0 bridgehead atoms. The van der Waals surface area contributed by atoms with E-state index in [2.05, 4.69) is 15.9 Å². The normalized spacial score (nSPS) is 24.1. The molecule has 0 aromatic carbocycles. The van der Waals surface area contributed by atoms with E-state index in [1.165, 1.54) is 10.8 Å². The van der Waals surface area contributed by atoms with Crippen molar-refractivity contribution >= 4 is 11.8 Å². The van der Waals surface area contributed by atoms with Crippen LogP contribution in [-0.4, -0.2) is 60.0 Å². The molecule has 1 N–H and O–H groups in total. The van der Waals surface area contributed by atoms with Crippen LogP contribution in [0, 0.1) is 0 Å². The second kappa shape index (κ2) is 4.35. The summed E-state index contributed by atoms with van der Waals surface area (Å²) in [5.74, 6) is 1.19. The number of rotatable bonds is 3. The zero-order valence-electron chi connectivity index (χ0n) is 7.78.